The maximum atomic E-state index is 12.2. The summed E-state index contributed by atoms with van der Waals surface area (Å²) in [4.78, 5) is 27.0. The highest BCUT2D eigenvalue weighted by Gasteiger charge is 2.10. The predicted molar refractivity (Wildman–Crippen MR) is 79.6 cm³/mol. The molecule has 2 aromatic rings. The molecule has 0 atom stereocenters. The van der Waals surface area contributed by atoms with E-state index in [-0.39, 0.29) is 12.0 Å². The number of nitrogens with zero attached hydrogens (tertiary/aromatic N) is 2. The highest BCUT2D eigenvalue weighted by molar-refractivity contribution is 7.12. The molecule has 0 bridgehead atoms. The Morgan fingerprint density at radius 3 is 2.86 bits per heavy atom. The fourth-order valence-corrected chi connectivity index (χ4v) is 2.72. The zero-order valence-corrected chi connectivity index (χ0v) is 12.7. The maximum absolute atomic E-state index is 12.2. The summed E-state index contributed by atoms with van der Waals surface area (Å²) in [6.07, 6.45) is 1.05. The lowest BCUT2D eigenvalue weighted by atomic mass is 10.3. The first-order chi connectivity index (χ1) is 10.2. The molecule has 0 N–H and O–H groups in total. The highest BCUT2D eigenvalue weighted by atomic mass is 32.1. The van der Waals surface area contributed by atoms with Gasteiger partial charge in [-0.3, -0.25) is 9.36 Å². The van der Waals surface area contributed by atoms with Crippen LogP contribution in [0.5, 0.6) is 5.75 Å². The van der Waals surface area contributed by atoms with Crippen LogP contribution in [0.1, 0.15) is 11.4 Å². The quantitative estimate of drug-likeness (QED) is 0.571. The molecule has 21 heavy (non-hydrogen) atoms. The normalized spacial score (nSPS) is 10.6. The topological polar surface area (TPSA) is 70.4 Å². The van der Waals surface area contributed by atoms with Gasteiger partial charge < -0.3 is 14.3 Å². The number of carbonyl (C=O) groups excluding carboxylic acids is 1. The van der Waals surface area contributed by atoms with Gasteiger partial charge in [0.25, 0.3) is 5.56 Å². The summed E-state index contributed by atoms with van der Waals surface area (Å²) in [5.74, 6) is 0.510. The van der Waals surface area contributed by atoms with E-state index in [0.29, 0.717) is 29.8 Å². The smallest absolute Gasteiger partial charge is 0.260 e. The van der Waals surface area contributed by atoms with Gasteiger partial charge >= 0.3 is 0 Å². The van der Waals surface area contributed by atoms with Crippen molar-refractivity contribution in [1.82, 2.24) is 9.55 Å². The van der Waals surface area contributed by atoms with Crippen LogP contribution >= 0.6 is 11.3 Å². The number of thiazole rings is 1. The second-order valence-corrected chi connectivity index (χ2v) is 5.18. The Morgan fingerprint density at radius 2 is 2.19 bits per heavy atom. The van der Waals surface area contributed by atoms with Gasteiger partial charge in [0, 0.05) is 36.7 Å². The van der Waals surface area contributed by atoms with E-state index in [1.54, 1.807) is 18.6 Å². The minimum absolute atomic E-state index is 0.214. The molecule has 0 saturated heterocycles. The van der Waals surface area contributed by atoms with E-state index >= 15 is 0 Å². The Hall–Kier alpha value is -1.99. The van der Waals surface area contributed by atoms with Crippen LogP contribution in [-0.2, 0) is 16.0 Å². The van der Waals surface area contributed by atoms with Gasteiger partial charge in [-0.1, -0.05) is 0 Å². The summed E-state index contributed by atoms with van der Waals surface area (Å²) >= 11 is 1.33. The van der Waals surface area contributed by atoms with Crippen molar-refractivity contribution in [3.63, 3.8) is 0 Å². The highest BCUT2D eigenvalue weighted by Crippen LogP contribution is 2.18. The van der Waals surface area contributed by atoms with Crippen molar-refractivity contribution in [3.05, 3.63) is 39.3 Å². The van der Waals surface area contributed by atoms with Crippen LogP contribution in [0.15, 0.2) is 22.3 Å². The number of rotatable bonds is 7. The largest absolute Gasteiger partial charge is 0.491 e. The van der Waals surface area contributed by atoms with Crippen molar-refractivity contribution in [2.45, 2.75) is 13.3 Å². The fourth-order valence-electron chi connectivity index (χ4n) is 1.82. The average molecular weight is 308 g/mol. The third-order valence-corrected chi connectivity index (χ3v) is 3.64. The zero-order valence-electron chi connectivity index (χ0n) is 11.9. The average Bonchev–Trinajstić information content (AvgIpc) is 2.87. The van der Waals surface area contributed by atoms with Crippen molar-refractivity contribution < 1.29 is 14.3 Å². The number of aromatic nitrogens is 2. The standard InChI is InChI=1S/C14H16N2O4S/c1-10-7-12(20-6-5-19-2)8-13(18)16(10)14-15-11(3-4-17)9-21-14/h4,7-9H,3,5-6H2,1-2H3. The van der Waals surface area contributed by atoms with Crippen LogP contribution in [0.25, 0.3) is 5.13 Å². The molecule has 0 amide bonds. The van der Waals surface area contributed by atoms with Crippen LogP contribution in [0.2, 0.25) is 0 Å². The number of ether oxygens (including phenoxy) is 2. The van der Waals surface area contributed by atoms with Crippen LogP contribution in [0.4, 0.5) is 0 Å². The first kappa shape index (κ1) is 15.4. The molecule has 0 aromatic carbocycles. The molecule has 0 aliphatic carbocycles. The molecule has 6 nitrogen and oxygen atoms in total. The van der Waals surface area contributed by atoms with E-state index in [9.17, 15) is 9.59 Å². The number of methoxy groups -OCH3 is 1. The van der Waals surface area contributed by atoms with Gasteiger partial charge in [-0.15, -0.1) is 11.3 Å². The Morgan fingerprint density at radius 1 is 1.38 bits per heavy atom. The van der Waals surface area contributed by atoms with Crippen LogP contribution in [0, 0.1) is 6.92 Å². The van der Waals surface area contributed by atoms with Crippen LogP contribution in [0.3, 0.4) is 0 Å². The summed E-state index contributed by atoms with van der Waals surface area (Å²) in [5.41, 5.74) is 1.17. The molecule has 0 spiro atoms. The first-order valence-corrected chi connectivity index (χ1v) is 7.27. The summed E-state index contributed by atoms with van der Waals surface area (Å²) in [7, 11) is 1.59. The van der Waals surface area contributed by atoms with Crippen molar-refractivity contribution in [2.24, 2.45) is 0 Å². The monoisotopic (exact) mass is 308 g/mol. The predicted octanol–water partition coefficient (Wildman–Crippen LogP) is 1.37. The Labute approximate surface area is 126 Å². The summed E-state index contributed by atoms with van der Waals surface area (Å²) in [6.45, 7) is 2.66. The summed E-state index contributed by atoms with van der Waals surface area (Å²) in [5, 5.41) is 2.33. The molecule has 0 aliphatic heterocycles. The van der Waals surface area contributed by atoms with E-state index in [0.717, 1.165) is 12.0 Å². The lowest BCUT2D eigenvalue weighted by Gasteiger charge is -2.10. The minimum Gasteiger partial charge on any atom is -0.491 e. The molecule has 112 valence electrons. The summed E-state index contributed by atoms with van der Waals surface area (Å²) in [6, 6.07) is 3.20. The lowest BCUT2D eigenvalue weighted by molar-refractivity contribution is -0.107. The number of hydrogen-bond donors (Lipinski definition) is 0. The van der Waals surface area contributed by atoms with Crippen LogP contribution < -0.4 is 10.3 Å². The minimum atomic E-state index is -0.214. The van der Waals surface area contributed by atoms with E-state index in [1.807, 2.05) is 6.92 Å². The molecule has 2 aromatic heterocycles. The number of aryl methyl sites for hydroxylation is 1. The van der Waals surface area contributed by atoms with E-state index < -0.39 is 0 Å². The van der Waals surface area contributed by atoms with Crippen molar-refractivity contribution >= 4 is 17.6 Å². The third-order valence-electron chi connectivity index (χ3n) is 2.77. The lowest BCUT2D eigenvalue weighted by Crippen LogP contribution is -2.20. The Balaban J connectivity index is 2.27. The zero-order chi connectivity index (χ0) is 15.2. The van der Waals surface area contributed by atoms with Crippen molar-refractivity contribution in [2.75, 3.05) is 20.3 Å². The number of aldehydes is 1. The molecular weight excluding hydrogens is 292 g/mol. The van der Waals surface area contributed by atoms with Gasteiger partial charge in [-0.05, 0) is 6.92 Å². The van der Waals surface area contributed by atoms with Gasteiger partial charge in [-0.2, -0.15) is 0 Å². The molecule has 7 heteroatoms. The number of hydrogen-bond acceptors (Lipinski definition) is 6. The molecule has 0 unspecified atom stereocenters. The van der Waals surface area contributed by atoms with Gasteiger partial charge in [0.05, 0.1) is 12.3 Å². The van der Waals surface area contributed by atoms with E-state index in [4.69, 9.17) is 9.47 Å². The third kappa shape index (κ3) is 3.77. The maximum Gasteiger partial charge on any atom is 0.260 e. The van der Waals surface area contributed by atoms with Crippen molar-refractivity contribution in [1.29, 1.82) is 0 Å². The van der Waals surface area contributed by atoms with Crippen LogP contribution in [-0.4, -0.2) is 36.2 Å². The second kappa shape index (κ2) is 7.14. The fraction of sp³-hybridized carbons (Fsp3) is 0.357. The molecule has 0 saturated carbocycles. The Bertz CT molecular complexity index is 678. The SMILES string of the molecule is COCCOc1cc(C)n(-c2nc(CC=O)cs2)c(=O)c1. The van der Waals surface area contributed by atoms with E-state index in [2.05, 4.69) is 4.98 Å². The molecule has 0 radical (unpaired) electrons. The molecular formula is C14H16N2O4S. The van der Waals surface area contributed by atoms with Gasteiger partial charge in [0.1, 0.15) is 18.6 Å². The van der Waals surface area contributed by atoms with E-state index in [1.165, 1.54) is 22.0 Å². The first-order valence-electron chi connectivity index (χ1n) is 6.39. The molecule has 2 rings (SSSR count). The second-order valence-electron chi connectivity index (χ2n) is 4.34. The molecule has 0 fully saturated rings. The Kier molecular flexibility index (Phi) is 5.24. The number of pyridine rings is 1. The number of carbonyl (C=O) groups is 1. The summed E-state index contributed by atoms with van der Waals surface area (Å²) < 4.78 is 11.8. The van der Waals surface area contributed by atoms with Gasteiger partial charge in [0.2, 0.25) is 0 Å². The van der Waals surface area contributed by atoms with Gasteiger partial charge in [-0.25, -0.2) is 4.98 Å². The van der Waals surface area contributed by atoms with Gasteiger partial charge in [0.15, 0.2) is 5.13 Å². The molecule has 0 aliphatic rings. The molecule has 2 heterocycles. The van der Waals surface area contributed by atoms with Crippen molar-refractivity contribution in [3.8, 4) is 10.9 Å².